The van der Waals surface area contributed by atoms with Crippen LogP contribution < -0.4 is 4.72 Å². The van der Waals surface area contributed by atoms with Gasteiger partial charge in [0.1, 0.15) is 0 Å². The molecular weight excluding hydrogens is 120 g/mol. The van der Waals surface area contributed by atoms with Gasteiger partial charge in [0.2, 0.25) is 0 Å². The first-order valence-electron chi connectivity index (χ1n) is 2.62. The Morgan fingerprint density at radius 3 is 2.50 bits per heavy atom. The van der Waals surface area contributed by atoms with Crippen LogP contribution in [0.5, 0.6) is 0 Å². The van der Waals surface area contributed by atoms with E-state index in [1.54, 1.807) is 11.9 Å². The molecule has 8 heavy (non-hydrogen) atoms. The molecule has 0 heterocycles. The second kappa shape index (κ2) is 5.41. The van der Waals surface area contributed by atoms with Crippen molar-refractivity contribution in [2.24, 2.45) is 0 Å². The van der Waals surface area contributed by atoms with Gasteiger partial charge in [-0.1, -0.05) is 11.9 Å². The van der Waals surface area contributed by atoms with Crippen LogP contribution in [0.4, 0.5) is 0 Å². The summed E-state index contributed by atoms with van der Waals surface area (Å²) >= 11 is 1.54. The molecule has 0 amide bonds. The molecule has 0 aromatic rings. The average Bonchev–Trinajstić information content (AvgIpc) is 1.66. The van der Waals surface area contributed by atoms with Gasteiger partial charge in [-0.25, -0.2) is 0 Å². The molecule has 0 N–H and O–H groups in total. The number of hydrogen-bond donors (Lipinski definition) is 0. The van der Waals surface area contributed by atoms with Crippen molar-refractivity contribution < 1.29 is 0 Å². The van der Waals surface area contributed by atoms with Crippen molar-refractivity contribution in [2.45, 2.75) is 0 Å². The maximum absolute atomic E-state index is 4.09. The molecule has 0 aliphatic carbocycles. The summed E-state index contributed by atoms with van der Waals surface area (Å²) in [6.07, 6.45) is 1.98. The second-order valence-electron chi connectivity index (χ2n) is 1.84. The number of hydrogen-bond acceptors (Lipinski definition) is 2. The molecule has 0 aliphatic heterocycles. The predicted molar refractivity (Wildman–Crippen MR) is 39.1 cm³/mol. The minimum atomic E-state index is 0.939. The Balaban J connectivity index is 2.72. The minimum Gasteiger partial charge on any atom is -0.308 e. The maximum atomic E-state index is 4.09. The van der Waals surface area contributed by atoms with Gasteiger partial charge in [0.15, 0.2) is 0 Å². The van der Waals surface area contributed by atoms with Crippen molar-refractivity contribution in [3.05, 3.63) is 0 Å². The molecular formula is C5H13N2S. The number of rotatable bonds is 4. The van der Waals surface area contributed by atoms with Crippen LogP contribution in [0, 0.1) is 0 Å². The van der Waals surface area contributed by atoms with Crippen LogP contribution >= 0.6 is 11.9 Å². The third-order valence-corrected chi connectivity index (χ3v) is 1.21. The van der Waals surface area contributed by atoms with Gasteiger partial charge in [-0.15, -0.1) is 0 Å². The molecule has 0 unspecified atom stereocenters. The lowest BCUT2D eigenvalue weighted by Crippen LogP contribution is -2.19. The Hall–Kier alpha value is 0.270. The second-order valence-corrected chi connectivity index (χ2v) is 2.46. The van der Waals surface area contributed by atoms with Gasteiger partial charge >= 0.3 is 0 Å². The van der Waals surface area contributed by atoms with E-state index in [4.69, 9.17) is 0 Å². The molecule has 0 rings (SSSR count). The highest BCUT2D eigenvalue weighted by Gasteiger charge is 1.87. The molecule has 0 aliphatic rings. The van der Waals surface area contributed by atoms with Gasteiger partial charge in [-0.3, -0.25) is 0 Å². The zero-order valence-electron chi connectivity index (χ0n) is 5.72. The molecule has 0 saturated heterocycles. The van der Waals surface area contributed by atoms with Crippen LogP contribution in [0.3, 0.4) is 0 Å². The van der Waals surface area contributed by atoms with Crippen LogP contribution in [0.1, 0.15) is 0 Å². The van der Waals surface area contributed by atoms with Gasteiger partial charge in [-0.2, -0.15) is 4.72 Å². The van der Waals surface area contributed by atoms with Gasteiger partial charge < -0.3 is 4.90 Å². The van der Waals surface area contributed by atoms with Gasteiger partial charge in [-0.05, 0) is 20.4 Å². The normalized spacial score (nSPS) is 10.5. The molecule has 3 heteroatoms. The van der Waals surface area contributed by atoms with Gasteiger partial charge in [0, 0.05) is 13.1 Å². The maximum Gasteiger partial charge on any atom is 0.0383 e. The smallest absolute Gasteiger partial charge is 0.0383 e. The number of likely N-dealkylation sites (N-methyl/N-ethyl adjacent to an activating group) is 1. The van der Waals surface area contributed by atoms with E-state index in [1.165, 1.54) is 0 Å². The van der Waals surface area contributed by atoms with Gasteiger partial charge in [0.25, 0.3) is 0 Å². The van der Waals surface area contributed by atoms with Crippen molar-refractivity contribution in [1.82, 2.24) is 9.62 Å². The van der Waals surface area contributed by atoms with E-state index in [0.717, 1.165) is 13.1 Å². The van der Waals surface area contributed by atoms with E-state index >= 15 is 0 Å². The Morgan fingerprint density at radius 2 is 2.12 bits per heavy atom. The molecule has 0 spiro atoms. The van der Waals surface area contributed by atoms with Crippen LogP contribution in [-0.2, 0) is 0 Å². The monoisotopic (exact) mass is 133 g/mol. The van der Waals surface area contributed by atoms with Crippen LogP contribution in [0.25, 0.3) is 0 Å². The Kier molecular flexibility index (Phi) is 5.59. The summed E-state index contributed by atoms with van der Waals surface area (Å²) < 4.78 is 4.09. The lowest BCUT2D eigenvalue weighted by atomic mass is 10.6. The molecule has 49 valence electrons. The standard InChI is InChI=1S/C5H13N2S/c1-7(2)5-4-6-8-3/h4-5H2,1-3H3. The van der Waals surface area contributed by atoms with E-state index in [2.05, 4.69) is 23.7 Å². The molecule has 0 bridgehead atoms. The van der Waals surface area contributed by atoms with E-state index in [0.29, 0.717) is 0 Å². The Bertz CT molecular complexity index is 47.7. The van der Waals surface area contributed by atoms with E-state index < -0.39 is 0 Å². The zero-order chi connectivity index (χ0) is 6.41. The molecule has 1 radical (unpaired) electrons. The summed E-state index contributed by atoms with van der Waals surface area (Å²) in [5.41, 5.74) is 0. The third kappa shape index (κ3) is 6.27. The van der Waals surface area contributed by atoms with Crippen molar-refractivity contribution in [1.29, 1.82) is 0 Å². The fraction of sp³-hybridized carbons (Fsp3) is 1.00. The first-order valence-corrected chi connectivity index (χ1v) is 3.80. The van der Waals surface area contributed by atoms with Crippen LogP contribution in [-0.4, -0.2) is 38.3 Å². The topological polar surface area (TPSA) is 17.3 Å². The number of nitrogens with zero attached hydrogens (tertiary/aromatic N) is 2. The van der Waals surface area contributed by atoms with E-state index in [9.17, 15) is 0 Å². The Labute approximate surface area is 55.8 Å². The van der Waals surface area contributed by atoms with Crippen molar-refractivity contribution in [2.75, 3.05) is 33.4 Å². The predicted octanol–water partition coefficient (Wildman–Crippen LogP) is 0.430. The minimum absolute atomic E-state index is 0.939. The summed E-state index contributed by atoms with van der Waals surface area (Å²) in [6, 6.07) is 0. The largest absolute Gasteiger partial charge is 0.308 e. The van der Waals surface area contributed by atoms with Crippen molar-refractivity contribution >= 4 is 11.9 Å². The summed E-state index contributed by atoms with van der Waals surface area (Å²) in [6.45, 7) is 2.00. The van der Waals surface area contributed by atoms with Gasteiger partial charge in [0.05, 0.1) is 0 Å². The third-order valence-electron chi connectivity index (χ3n) is 0.768. The summed E-state index contributed by atoms with van der Waals surface area (Å²) in [4.78, 5) is 2.12. The lowest BCUT2D eigenvalue weighted by Gasteiger charge is -2.06. The molecule has 0 aromatic heterocycles. The van der Waals surface area contributed by atoms with Crippen LogP contribution in [0.15, 0.2) is 0 Å². The lowest BCUT2D eigenvalue weighted by molar-refractivity contribution is 0.414. The highest BCUT2D eigenvalue weighted by Crippen LogP contribution is 1.83. The fourth-order valence-corrected chi connectivity index (χ4v) is 0.596. The SMILES string of the molecule is CS[N]CCN(C)C. The molecule has 0 saturated carbocycles. The van der Waals surface area contributed by atoms with Crippen molar-refractivity contribution in [3.8, 4) is 0 Å². The molecule has 0 atom stereocenters. The van der Waals surface area contributed by atoms with Crippen molar-refractivity contribution in [3.63, 3.8) is 0 Å². The fourth-order valence-electron chi connectivity index (χ4n) is 0.332. The summed E-state index contributed by atoms with van der Waals surface area (Å²) in [5, 5.41) is 0. The molecule has 0 fully saturated rings. The average molecular weight is 133 g/mol. The first kappa shape index (κ1) is 8.27. The zero-order valence-corrected chi connectivity index (χ0v) is 6.53. The quantitative estimate of drug-likeness (QED) is 0.409. The summed E-state index contributed by atoms with van der Waals surface area (Å²) in [7, 11) is 4.10. The highest BCUT2D eigenvalue weighted by molar-refractivity contribution is 7.96. The van der Waals surface area contributed by atoms with Crippen LogP contribution in [0.2, 0.25) is 0 Å². The van der Waals surface area contributed by atoms with E-state index in [1.807, 2.05) is 6.26 Å². The molecule has 0 aromatic carbocycles. The first-order chi connectivity index (χ1) is 3.77. The van der Waals surface area contributed by atoms with E-state index in [-0.39, 0.29) is 0 Å². The molecule has 2 nitrogen and oxygen atoms in total. The summed E-state index contributed by atoms with van der Waals surface area (Å²) in [5.74, 6) is 0. The highest BCUT2D eigenvalue weighted by atomic mass is 32.2. The Morgan fingerprint density at radius 1 is 1.50 bits per heavy atom.